The van der Waals surface area contributed by atoms with Crippen molar-refractivity contribution in [3.63, 3.8) is 0 Å². The lowest BCUT2D eigenvalue weighted by Gasteiger charge is -2.28. The molecule has 61 heavy (non-hydrogen) atoms. The van der Waals surface area contributed by atoms with Gasteiger partial charge in [-0.1, -0.05) is 77.0 Å². The van der Waals surface area contributed by atoms with E-state index in [1.807, 2.05) is 0 Å². The molecule has 0 aromatic heterocycles. The molecule has 0 spiro atoms. The van der Waals surface area contributed by atoms with Crippen LogP contribution in [-0.2, 0) is 52.5 Å². The molecule has 5 N–H and O–H groups in total. The normalized spacial score (nSPS) is 15.5. The van der Waals surface area contributed by atoms with Crippen LogP contribution in [0.15, 0.2) is 0 Å². The van der Waals surface area contributed by atoms with Crippen LogP contribution in [0, 0.1) is 17.8 Å². The summed E-state index contributed by atoms with van der Waals surface area (Å²) in [5.41, 5.74) is 0. The van der Waals surface area contributed by atoms with Crippen molar-refractivity contribution >= 4 is 41.2 Å². The topological polar surface area (TPSA) is 233 Å². The molecule has 0 heterocycles. The standard InChI is InChI=1S/C45H79N3O13/c1-36(49)34-60-30-28-59-27-25-47-43(53)35-61-31-29-58-26-24-46-42(52)23-22-39(45(56)57)32-40(50)38-20-18-37(19-21-38)33-48-41(51)16-14-12-10-8-6-4-2-3-5-7-9-11-13-15-17-44(54)55/h37-39H,2-35H2,1H3,(H,46,52)(H,47,53)(H,48,51)(H,54,55)(H,56,57)/t37-,38-,39-/m1/s1. The maximum absolute atomic E-state index is 13.0. The van der Waals surface area contributed by atoms with Crippen LogP contribution in [0.1, 0.15) is 155 Å². The maximum atomic E-state index is 13.0. The van der Waals surface area contributed by atoms with Gasteiger partial charge in [-0.25, -0.2) is 0 Å². The fourth-order valence-corrected chi connectivity index (χ4v) is 7.23. The summed E-state index contributed by atoms with van der Waals surface area (Å²) in [4.78, 5) is 82.8. The fourth-order valence-electron chi connectivity index (χ4n) is 7.23. The lowest BCUT2D eigenvalue weighted by Crippen LogP contribution is -2.33. The second kappa shape index (κ2) is 38.2. The SMILES string of the molecule is CC(=O)COCCOCCNC(=O)COCCOCCNC(=O)CC[C@H](CC(=O)[C@H]1CC[C@H](CNC(=O)CCCCCCCCCCCCCCCCC(=O)O)CC1)C(=O)O. The van der Waals surface area contributed by atoms with E-state index in [4.69, 9.17) is 24.1 Å². The van der Waals surface area contributed by atoms with E-state index < -0.39 is 17.9 Å². The number of unbranched alkanes of at least 4 members (excludes halogenated alkanes) is 13. The third-order valence-corrected chi connectivity index (χ3v) is 10.9. The van der Waals surface area contributed by atoms with Crippen molar-refractivity contribution in [3.05, 3.63) is 0 Å². The van der Waals surface area contributed by atoms with Crippen LogP contribution in [0.2, 0.25) is 0 Å². The highest BCUT2D eigenvalue weighted by molar-refractivity contribution is 5.86. The molecule has 1 aliphatic rings. The molecule has 16 heteroatoms. The van der Waals surface area contributed by atoms with Crippen LogP contribution in [0.3, 0.4) is 0 Å². The molecule has 16 nitrogen and oxygen atoms in total. The molecular weight excluding hydrogens is 791 g/mol. The molecule has 352 valence electrons. The number of ether oxygens (including phenoxy) is 4. The smallest absolute Gasteiger partial charge is 0.306 e. The van der Waals surface area contributed by atoms with Gasteiger partial charge >= 0.3 is 11.9 Å². The van der Waals surface area contributed by atoms with Gasteiger partial charge in [0, 0.05) is 51.2 Å². The van der Waals surface area contributed by atoms with E-state index in [1.165, 1.54) is 58.3 Å². The number of Topliss-reactive ketones (excluding diaryl/α,β-unsaturated/α-hetero) is 2. The summed E-state index contributed by atoms with van der Waals surface area (Å²) in [6.07, 6.45) is 19.8. The quantitative estimate of drug-likeness (QED) is 0.0474. The van der Waals surface area contributed by atoms with Gasteiger partial charge in [0.15, 0.2) is 5.78 Å². The maximum Gasteiger partial charge on any atom is 0.306 e. The van der Waals surface area contributed by atoms with E-state index in [2.05, 4.69) is 16.0 Å². The molecule has 1 rings (SSSR count). The summed E-state index contributed by atoms with van der Waals surface area (Å²) >= 11 is 0. The first-order valence-corrected chi connectivity index (χ1v) is 23.1. The lowest BCUT2D eigenvalue weighted by molar-refractivity contribution is -0.145. The molecule has 0 aromatic rings. The van der Waals surface area contributed by atoms with Crippen molar-refractivity contribution in [2.45, 2.75) is 155 Å². The Hall–Kier alpha value is -3.47. The molecule has 1 saturated carbocycles. The number of carboxylic acids is 2. The van der Waals surface area contributed by atoms with E-state index in [0.717, 1.165) is 51.4 Å². The number of amides is 3. The van der Waals surface area contributed by atoms with Gasteiger partial charge in [-0.2, -0.15) is 0 Å². The monoisotopic (exact) mass is 870 g/mol. The fraction of sp³-hybridized carbons (Fsp3) is 0.844. The van der Waals surface area contributed by atoms with Crippen LogP contribution in [0.4, 0.5) is 0 Å². The average Bonchev–Trinajstić information content (AvgIpc) is 3.23. The summed E-state index contributed by atoms with van der Waals surface area (Å²) in [5, 5.41) is 26.8. The van der Waals surface area contributed by atoms with Gasteiger partial charge in [0.2, 0.25) is 17.7 Å². The molecule has 0 aromatic carbocycles. The van der Waals surface area contributed by atoms with Crippen LogP contribution in [0.25, 0.3) is 0 Å². The minimum atomic E-state index is -1.09. The lowest BCUT2D eigenvalue weighted by atomic mass is 9.78. The van der Waals surface area contributed by atoms with E-state index >= 15 is 0 Å². The predicted molar refractivity (Wildman–Crippen MR) is 230 cm³/mol. The second-order valence-electron chi connectivity index (χ2n) is 16.3. The largest absolute Gasteiger partial charge is 0.481 e. The first-order valence-electron chi connectivity index (χ1n) is 23.1. The molecule has 0 saturated heterocycles. The summed E-state index contributed by atoms with van der Waals surface area (Å²) < 4.78 is 21.0. The molecule has 1 fully saturated rings. The number of carbonyl (C=O) groups excluding carboxylic acids is 5. The van der Waals surface area contributed by atoms with Crippen LogP contribution in [0.5, 0.6) is 0 Å². The highest BCUT2D eigenvalue weighted by Crippen LogP contribution is 2.31. The molecule has 3 amide bonds. The summed E-state index contributed by atoms with van der Waals surface area (Å²) in [6.45, 7) is 4.05. The first kappa shape index (κ1) is 55.5. The number of aliphatic carboxylic acids is 2. The van der Waals surface area contributed by atoms with Crippen molar-refractivity contribution in [3.8, 4) is 0 Å². The zero-order valence-electron chi connectivity index (χ0n) is 37.2. The van der Waals surface area contributed by atoms with Crippen molar-refractivity contribution in [1.82, 2.24) is 16.0 Å². The Labute approximate surface area is 364 Å². The van der Waals surface area contributed by atoms with Gasteiger partial charge in [0.1, 0.15) is 19.0 Å². The Morgan fingerprint density at radius 2 is 0.984 bits per heavy atom. The third kappa shape index (κ3) is 34.8. The third-order valence-electron chi connectivity index (χ3n) is 10.9. The van der Waals surface area contributed by atoms with E-state index in [1.54, 1.807) is 0 Å². The zero-order valence-corrected chi connectivity index (χ0v) is 37.2. The minimum absolute atomic E-state index is 0.0177. The van der Waals surface area contributed by atoms with E-state index in [-0.39, 0.29) is 100 Å². The molecule has 0 aliphatic heterocycles. The number of hydrogen-bond acceptors (Lipinski definition) is 11. The zero-order chi connectivity index (χ0) is 44.8. The van der Waals surface area contributed by atoms with Crippen LogP contribution < -0.4 is 16.0 Å². The predicted octanol–water partition coefficient (Wildman–Crippen LogP) is 5.56. The second-order valence-corrected chi connectivity index (χ2v) is 16.3. The number of hydrogen-bond donors (Lipinski definition) is 5. The minimum Gasteiger partial charge on any atom is -0.481 e. The Bertz CT molecular complexity index is 1230. The molecule has 1 atom stereocenters. The molecule has 0 bridgehead atoms. The van der Waals surface area contributed by atoms with Gasteiger partial charge in [-0.3, -0.25) is 33.6 Å². The number of carboxylic acid groups (broad SMARTS) is 2. The Kier molecular flexibility index (Phi) is 34.8. The number of ketones is 2. The number of carbonyl (C=O) groups is 7. The molecule has 1 aliphatic carbocycles. The van der Waals surface area contributed by atoms with Crippen molar-refractivity contribution < 1.29 is 62.7 Å². The van der Waals surface area contributed by atoms with Crippen molar-refractivity contribution in [2.75, 3.05) is 72.5 Å². The van der Waals surface area contributed by atoms with Gasteiger partial charge in [-0.05, 0) is 57.8 Å². The highest BCUT2D eigenvalue weighted by Gasteiger charge is 2.30. The summed E-state index contributed by atoms with van der Waals surface area (Å²) in [7, 11) is 0. The van der Waals surface area contributed by atoms with Gasteiger partial charge in [-0.15, -0.1) is 0 Å². The van der Waals surface area contributed by atoms with E-state index in [9.17, 15) is 38.7 Å². The van der Waals surface area contributed by atoms with Gasteiger partial charge in [0.05, 0.1) is 45.6 Å². The number of rotatable bonds is 42. The molecule has 0 radical (unpaired) electrons. The Balaban J connectivity index is 2.01. The van der Waals surface area contributed by atoms with Gasteiger partial charge < -0.3 is 45.1 Å². The highest BCUT2D eigenvalue weighted by atomic mass is 16.5. The van der Waals surface area contributed by atoms with E-state index in [0.29, 0.717) is 58.1 Å². The first-order chi connectivity index (χ1) is 29.5. The Morgan fingerprint density at radius 1 is 0.525 bits per heavy atom. The van der Waals surface area contributed by atoms with Crippen molar-refractivity contribution in [2.24, 2.45) is 17.8 Å². The summed E-state index contributed by atoms with van der Waals surface area (Å²) in [6, 6.07) is 0. The molecule has 0 unspecified atom stereocenters. The summed E-state index contributed by atoms with van der Waals surface area (Å²) in [5.74, 6) is -3.26. The Morgan fingerprint density at radius 3 is 1.49 bits per heavy atom. The number of nitrogens with one attached hydrogen (secondary N) is 3. The van der Waals surface area contributed by atoms with Crippen LogP contribution >= 0.6 is 0 Å². The van der Waals surface area contributed by atoms with Crippen molar-refractivity contribution in [1.29, 1.82) is 0 Å². The average molecular weight is 870 g/mol. The molecular formula is C45H79N3O13. The van der Waals surface area contributed by atoms with Gasteiger partial charge in [0.25, 0.3) is 0 Å². The van der Waals surface area contributed by atoms with Crippen LogP contribution in [-0.4, -0.2) is 124 Å².